The Kier molecular flexibility index (Phi) is 4.75. The first-order valence-electron chi connectivity index (χ1n) is 5.69. The molecule has 0 bridgehead atoms. The maximum absolute atomic E-state index is 11.7. The topological polar surface area (TPSA) is 68.0 Å². The Bertz CT molecular complexity index is 589. The molecule has 0 radical (unpaired) electrons. The number of aryl methyl sites for hydroxylation is 1. The van der Waals surface area contributed by atoms with Gasteiger partial charge >= 0.3 is 0 Å². The van der Waals surface area contributed by atoms with Crippen molar-refractivity contribution in [3.8, 4) is 0 Å². The monoisotopic (exact) mass is 295 g/mol. The molecular formula is C12H13N3O2S2. The van der Waals surface area contributed by atoms with E-state index in [1.165, 1.54) is 17.4 Å². The Labute approximate surface area is 119 Å². The van der Waals surface area contributed by atoms with Crippen LogP contribution in [-0.4, -0.2) is 21.9 Å². The fourth-order valence-corrected chi connectivity index (χ4v) is 2.94. The molecule has 0 aliphatic rings. The number of carbonyl (C=O) groups is 1. The second-order valence-corrected chi connectivity index (χ2v) is 6.07. The van der Waals surface area contributed by atoms with Crippen molar-refractivity contribution in [1.82, 2.24) is 10.2 Å². The highest BCUT2D eigenvalue weighted by Gasteiger charge is 2.06. The summed E-state index contributed by atoms with van der Waals surface area (Å²) in [7, 11) is 0. The molecule has 1 amide bonds. The molecule has 2 aromatic heterocycles. The molecule has 0 aromatic carbocycles. The summed E-state index contributed by atoms with van der Waals surface area (Å²) in [5.74, 6) is 2.14. The van der Waals surface area contributed by atoms with E-state index in [9.17, 15) is 4.79 Å². The van der Waals surface area contributed by atoms with E-state index in [1.54, 1.807) is 23.9 Å². The number of nitrogens with one attached hydrogen (secondary N) is 1. The quantitative estimate of drug-likeness (QED) is 0.521. The van der Waals surface area contributed by atoms with E-state index >= 15 is 0 Å². The number of carbonyl (C=O) groups excluding carboxylic acids is 1. The van der Waals surface area contributed by atoms with Crippen molar-refractivity contribution in [1.29, 1.82) is 0 Å². The van der Waals surface area contributed by atoms with Crippen LogP contribution >= 0.6 is 23.1 Å². The molecule has 2 heterocycles. The van der Waals surface area contributed by atoms with Crippen LogP contribution in [0.3, 0.4) is 0 Å². The lowest BCUT2D eigenvalue weighted by Gasteiger charge is -1.93. The van der Waals surface area contributed by atoms with Crippen LogP contribution in [0.5, 0.6) is 0 Å². The smallest absolute Gasteiger partial charge is 0.250 e. The van der Waals surface area contributed by atoms with Gasteiger partial charge < -0.3 is 4.42 Å². The number of hydrogen-bond acceptors (Lipinski definition) is 6. The second-order valence-electron chi connectivity index (χ2n) is 3.58. The molecule has 0 saturated heterocycles. The number of aromatic nitrogens is 2. The van der Waals surface area contributed by atoms with E-state index in [4.69, 9.17) is 4.42 Å². The van der Waals surface area contributed by atoms with Crippen LogP contribution in [0, 0.1) is 6.92 Å². The van der Waals surface area contributed by atoms with Crippen LogP contribution in [0.2, 0.25) is 0 Å². The number of rotatable bonds is 5. The van der Waals surface area contributed by atoms with Gasteiger partial charge in [-0.05, 0) is 30.9 Å². The Morgan fingerprint density at radius 1 is 1.53 bits per heavy atom. The summed E-state index contributed by atoms with van der Waals surface area (Å²) < 4.78 is 6.18. The van der Waals surface area contributed by atoms with Crippen LogP contribution in [0.4, 0.5) is 5.13 Å². The summed E-state index contributed by atoms with van der Waals surface area (Å²) in [6, 6.07) is 3.65. The Hall–Kier alpha value is -1.60. The lowest BCUT2D eigenvalue weighted by molar-refractivity contribution is -0.111. The highest BCUT2D eigenvalue weighted by atomic mass is 32.2. The average Bonchev–Trinajstić information content (AvgIpc) is 2.97. The van der Waals surface area contributed by atoms with Gasteiger partial charge in [0, 0.05) is 6.08 Å². The van der Waals surface area contributed by atoms with Crippen LogP contribution in [0.1, 0.15) is 18.4 Å². The molecule has 0 atom stereocenters. The van der Waals surface area contributed by atoms with E-state index in [-0.39, 0.29) is 5.91 Å². The zero-order chi connectivity index (χ0) is 13.7. The molecular weight excluding hydrogens is 282 g/mol. The second kappa shape index (κ2) is 6.53. The minimum absolute atomic E-state index is 0.252. The predicted octanol–water partition coefficient (Wildman–Crippen LogP) is 3.20. The van der Waals surface area contributed by atoms with Crippen molar-refractivity contribution in [3.05, 3.63) is 29.7 Å². The van der Waals surface area contributed by atoms with Crippen molar-refractivity contribution >= 4 is 40.2 Å². The van der Waals surface area contributed by atoms with Crippen LogP contribution < -0.4 is 5.32 Å². The van der Waals surface area contributed by atoms with Gasteiger partial charge in [-0.25, -0.2) is 0 Å². The third kappa shape index (κ3) is 4.22. The molecule has 2 rings (SSSR count). The Morgan fingerprint density at radius 3 is 3.05 bits per heavy atom. The standard InChI is InChI=1S/C12H13N3O2S2/c1-3-18-12-15-14-11(19-12)13-10(16)7-6-9-5-4-8(2)17-9/h4-7H,3H2,1-2H3,(H,13,14,16). The van der Waals surface area contributed by atoms with Gasteiger partial charge in [0.25, 0.3) is 0 Å². The highest BCUT2D eigenvalue weighted by molar-refractivity contribution is 8.01. The highest BCUT2D eigenvalue weighted by Crippen LogP contribution is 2.24. The van der Waals surface area contributed by atoms with Crippen molar-refractivity contribution in [2.45, 2.75) is 18.2 Å². The molecule has 0 spiro atoms. The third-order valence-corrected chi connectivity index (χ3v) is 3.92. The van der Waals surface area contributed by atoms with Gasteiger partial charge in [0.05, 0.1) is 0 Å². The lowest BCUT2D eigenvalue weighted by atomic mass is 10.4. The van der Waals surface area contributed by atoms with Crippen molar-refractivity contribution in [3.63, 3.8) is 0 Å². The predicted molar refractivity (Wildman–Crippen MR) is 77.4 cm³/mol. The molecule has 5 nitrogen and oxygen atoms in total. The first kappa shape index (κ1) is 13.8. The van der Waals surface area contributed by atoms with Gasteiger partial charge in [-0.2, -0.15) is 0 Å². The SMILES string of the molecule is CCSc1nnc(NC(=O)C=Cc2ccc(C)o2)s1. The zero-order valence-corrected chi connectivity index (χ0v) is 12.2. The average molecular weight is 295 g/mol. The minimum atomic E-state index is -0.252. The van der Waals surface area contributed by atoms with E-state index in [0.29, 0.717) is 10.9 Å². The van der Waals surface area contributed by atoms with Gasteiger partial charge in [-0.3, -0.25) is 10.1 Å². The molecule has 0 aliphatic carbocycles. The van der Waals surface area contributed by atoms with Crippen LogP contribution in [-0.2, 0) is 4.79 Å². The summed E-state index contributed by atoms with van der Waals surface area (Å²) >= 11 is 2.96. The fraction of sp³-hybridized carbons (Fsp3) is 0.250. The lowest BCUT2D eigenvalue weighted by Crippen LogP contribution is -2.07. The molecule has 0 saturated carbocycles. The van der Waals surface area contributed by atoms with Gasteiger partial charge in [0.2, 0.25) is 11.0 Å². The molecule has 7 heteroatoms. The number of nitrogens with zero attached hydrogens (tertiary/aromatic N) is 2. The Morgan fingerprint density at radius 2 is 2.37 bits per heavy atom. The molecule has 2 aromatic rings. The third-order valence-electron chi connectivity index (χ3n) is 2.06. The van der Waals surface area contributed by atoms with Gasteiger partial charge in [0.15, 0.2) is 4.34 Å². The fourth-order valence-electron chi connectivity index (χ4n) is 1.29. The summed E-state index contributed by atoms with van der Waals surface area (Å²) in [6.45, 7) is 3.89. The zero-order valence-electron chi connectivity index (χ0n) is 10.5. The van der Waals surface area contributed by atoms with Gasteiger partial charge in [-0.1, -0.05) is 30.0 Å². The van der Waals surface area contributed by atoms with E-state index < -0.39 is 0 Å². The minimum Gasteiger partial charge on any atom is -0.462 e. The molecule has 100 valence electrons. The van der Waals surface area contributed by atoms with Crippen LogP contribution in [0.15, 0.2) is 27.0 Å². The largest absolute Gasteiger partial charge is 0.462 e. The molecule has 19 heavy (non-hydrogen) atoms. The maximum atomic E-state index is 11.7. The first-order valence-corrected chi connectivity index (χ1v) is 7.49. The molecule has 0 unspecified atom stereocenters. The summed E-state index contributed by atoms with van der Waals surface area (Å²) in [5.41, 5.74) is 0. The molecule has 0 fully saturated rings. The van der Waals surface area contributed by atoms with E-state index in [1.807, 2.05) is 19.9 Å². The van der Waals surface area contributed by atoms with Crippen molar-refractivity contribution < 1.29 is 9.21 Å². The van der Waals surface area contributed by atoms with Crippen molar-refractivity contribution in [2.75, 3.05) is 11.1 Å². The Balaban J connectivity index is 1.91. The van der Waals surface area contributed by atoms with Gasteiger partial charge in [0.1, 0.15) is 11.5 Å². The number of anilines is 1. The van der Waals surface area contributed by atoms with Gasteiger partial charge in [-0.15, -0.1) is 10.2 Å². The summed E-state index contributed by atoms with van der Waals surface area (Å²) in [6.07, 6.45) is 3.03. The summed E-state index contributed by atoms with van der Waals surface area (Å²) in [5, 5.41) is 11.0. The van der Waals surface area contributed by atoms with E-state index in [2.05, 4.69) is 15.5 Å². The van der Waals surface area contributed by atoms with Crippen molar-refractivity contribution in [2.24, 2.45) is 0 Å². The summed E-state index contributed by atoms with van der Waals surface area (Å²) in [4.78, 5) is 11.7. The molecule has 1 N–H and O–H groups in total. The molecule has 0 aliphatic heterocycles. The number of hydrogen-bond donors (Lipinski definition) is 1. The number of furan rings is 1. The first-order chi connectivity index (χ1) is 9.17. The number of thioether (sulfide) groups is 1. The number of amides is 1. The van der Waals surface area contributed by atoms with Crippen LogP contribution in [0.25, 0.3) is 6.08 Å². The van der Waals surface area contributed by atoms with E-state index in [0.717, 1.165) is 15.9 Å². The maximum Gasteiger partial charge on any atom is 0.250 e. The normalized spacial score (nSPS) is 11.1.